The third-order valence-corrected chi connectivity index (χ3v) is 4.89. The maximum atomic E-state index is 4.33. The zero-order chi connectivity index (χ0) is 13.9. The second kappa shape index (κ2) is 6.24. The fourth-order valence-corrected chi connectivity index (χ4v) is 3.17. The lowest BCUT2D eigenvalue weighted by Crippen LogP contribution is -2.18. The molecule has 20 heavy (non-hydrogen) atoms. The standard InChI is InChI=1S/C15H18BrN3S/c1-19(8-13-9-20-10-18-13)14-5-2-11(15(16)6-14)7-17-12-3-4-12/h2,5-6,9-10,12,17H,3-4,7-8H2,1H3. The van der Waals surface area contributed by atoms with Gasteiger partial charge in [-0.2, -0.15) is 0 Å². The SMILES string of the molecule is CN(Cc1cscn1)c1ccc(CNC2CC2)c(Br)c1. The van der Waals surface area contributed by atoms with Gasteiger partial charge in [0, 0.05) is 35.2 Å². The van der Waals surface area contributed by atoms with Crippen LogP contribution in [-0.4, -0.2) is 18.1 Å². The van der Waals surface area contributed by atoms with E-state index in [-0.39, 0.29) is 0 Å². The van der Waals surface area contributed by atoms with E-state index < -0.39 is 0 Å². The largest absolute Gasteiger partial charge is 0.369 e. The van der Waals surface area contributed by atoms with Crippen molar-refractivity contribution in [2.24, 2.45) is 0 Å². The highest BCUT2D eigenvalue weighted by atomic mass is 79.9. The number of anilines is 1. The van der Waals surface area contributed by atoms with Gasteiger partial charge >= 0.3 is 0 Å². The fourth-order valence-electron chi connectivity index (χ4n) is 2.11. The van der Waals surface area contributed by atoms with Crippen LogP contribution in [0.1, 0.15) is 24.1 Å². The van der Waals surface area contributed by atoms with E-state index in [1.807, 2.05) is 5.51 Å². The number of nitrogens with one attached hydrogen (secondary N) is 1. The molecular weight excluding hydrogens is 334 g/mol. The first-order valence-electron chi connectivity index (χ1n) is 6.82. The van der Waals surface area contributed by atoms with Crippen LogP contribution >= 0.6 is 27.3 Å². The number of rotatable bonds is 6. The molecule has 3 rings (SSSR count). The van der Waals surface area contributed by atoms with Crippen molar-refractivity contribution in [2.75, 3.05) is 11.9 Å². The second-order valence-electron chi connectivity index (χ2n) is 5.27. The highest BCUT2D eigenvalue weighted by molar-refractivity contribution is 9.10. The van der Waals surface area contributed by atoms with Gasteiger partial charge in [0.1, 0.15) is 0 Å². The van der Waals surface area contributed by atoms with Crippen molar-refractivity contribution < 1.29 is 0 Å². The molecule has 0 aliphatic heterocycles. The van der Waals surface area contributed by atoms with Gasteiger partial charge in [-0.1, -0.05) is 22.0 Å². The molecule has 5 heteroatoms. The lowest BCUT2D eigenvalue weighted by atomic mass is 10.2. The summed E-state index contributed by atoms with van der Waals surface area (Å²) < 4.78 is 1.17. The number of hydrogen-bond acceptors (Lipinski definition) is 4. The minimum absolute atomic E-state index is 0.744. The van der Waals surface area contributed by atoms with Gasteiger partial charge in [0.2, 0.25) is 0 Å². The predicted molar refractivity (Wildman–Crippen MR) is 88.2 cm³/mol. The highest BCUT2D eigenvalue weighted by Crippen LogP contribution is 2.26. The van der Waals surface area contributed by atoms with Crippen molar-refractivity contribution in [2.45, 2.75) is 32.0 Å². The van der Waals surface area contributed by atoms with Crippen molar-refractivity contribution in [3.8, 4) is 0 Å². The average molecular weight is 352 g/mol. The molecule has 1 aromatic carbocycles. The summed E-state index contributed by atoms with van der Waals surface area (Å²) in [5.41, 5.74) is 5.53. The number of halogens is 1. The summed E-state index contributed by atoms with van der Waals surface area (Å²) >= 11 is 5.33. The molecule has 0 atom stereocenters. The first kappa shape index (κ1) is 14.0. The van der Waals surface area contributed by atoms with Crippen molar-refractivity contribution in [1.29, 1.82) is 0 Å². The Bertz CT molecular complexity index is 567. The highest BCUT2D eigenvalue weighted by Gasteiger charge is 2.20. The summed E-state index contributed by atoms with van der Waals surface area (Å²) in [7, 11) is 2.10. The van der Waals surface area contributed by atoms with Gasteiger partial charge in [0.15, 0.2) is 0 Å². The first-order valence-corrected chi connectivity index (χ1v) is 8.56. The lowest BCUT2D eigenvalue weighted by molar-refractivity contribution is 0.686. The van der Waals surface area contributed by atoms with Gasteiger partial charge in [0.05, 0.1) is 17.7 Å². The van der Waals surface area contributed by atoms with Crippen molar-refractivity contribution in [1.82, 2.24) is 10.3 Å². The molecule has 0 radical (unpaired) electrons. The Balaban J connectivity index is 1.65. The Morgan fingerprint density at radius 2 is 2.30 bits per heavy atom. The lowest BCUT2D eigenvalue weighted by Gasteiger charge is -2.19. The van der Waals surface area contributed by atoms with Gasteiger partial charge in [-0.3, -0.25) is 0 Å². The zero-order valence-corrected chi connectivity index (χ0v) is 13.9. The third kappa shape index (κ3) is 3.59. The molecule has 106 valence electrons. The molecule has 0 bridgehead atoms. The number of benzene rings is 1. The third-order valence-electron chi connectivity index (χ3n) is 3.52. The average Bonchev–Trinajstić information content (AvgIpc) is 3.13. The Morgan fingerprint density at radius 1 is 1.45 bits per heavy atom. The Hall–Kier alpha value is -0.910. The second-order valence-corrected chi connectivity index (χ2v) is 6.84. The van der Waals surface area contributed by atoms with Gasteiger partial charge in [-0.05, 0) is 30.5 Å². The van der Waals surface area contributed by atoms with Crippen LogP contribution in [0, 0.1) is 0 Å². The first-order chi connectivity index (χ1) is 9.72. The molecule has 1 fully saturated rings. The van der Waals surface area contributed by atoms with E-state index in [2.05, 4.69) is 61.8 Å². The van der Waals surface area contributed by atoms with Crippen LogP contribution in [-0.2, 0) is 13.1 Å². The van der Waals surface area contributed by atoms with Crippen molar-refractivity contribution >= 4 is 33.0 Å². The van der Waals surface area contributed by atoms with E-state index in [0.29, 0.717) is 0 Å². The molecule has 0 unspecified atom stereocenters. The number of nitrogens with zero attached hydrogens (tertiary/aromatic N) is 2. The van der Waals surface area contributed by atoms with E-state index >= 15 is 0 Å². The topological polar surface area (TPSA) is 28.2 Å². The monoisotopic (exact) mass is 351 g/mol. The molecule has 0 amide bonds. The zero-order valence-electron chi connectivity index (χ0n) is 11.5. The molecule has 3 nitrogen and oxygen atoms in total. The molecule has 1 aliphatic rings. The Morgan fingerprint density at radius 3 is 2.95 bits per heavy atom. The van der Waals surface area contributed by atoms with E-state index in [9.17, 15) is 0 Å². The van der Waals surface area contributed by atoms with Crippen LogP contribution in [0.4, 0.5) is 5.69 Å². The normalized spacial score (nSPS) is 14.5. The Labute approximate surface area is 132 Å². The van der Waals surface area contributed by atoms with E-state index in [1.165, 1.54) is 28.6 Å². The van der Waals surface area contributed by atoms with Crippen LogP contribution in [0.3, 0.4) is 0 Å². The summed E-state index contributed by atoms with van der Waals surface area (Å²) in [6, 6.07) is 7.32. The molecule has 1 N–H and O–H groups in total. The van der Waals surface area contributed by atoms with Gasteiger partial charge < -0.3 is 10.2 Å². The number of aromatic nitrogens is 1. The van der Waals surface area contributed by atoms with Crippen molar-refractivity contribution in [3.05, 3.63) is 44.8 Å². The molecule has 2 aromatic rings. The molecule has 1 aromatic heterocycles. The van der Waals surface area contributed by atoms with Crippen LogP contribution in [0.5, 0.6) is 0 Å². The maximum absolute atomic E-state index is 4.33. The summed E-state index contributed by atoms with van der Waals surface area (Å²) in [4.78, 5) is 6.55. The smallest absolute Gasteiger partial charge is 0.0795 e. The van der Waals surface area contributed by atoms with Gasteiger partial charge in [-0.25, -0.2) is 4.98 Å². The molecule has 1 aliphatic carbocycles. The fraction of sp³-hybridized carbons (Fsp3) is 0.400. The number of thiazole rings is 1. The van der Waals surface area contributed by atoms with Crippen LogP contribution in [0.25, 0.3) is 0 Å². The summed E-state index contributed by atoms with van der Waals surface area (Å²) in [6.07, 6.45) is 2.65. The Kier molecular flexibility index (Phi) is 4.38. The predicted octanol–water partition coefficient (Wildman–Crippen LogP) is 3.79. The summed E-state index contributed by atoms with van der Waals surface area (Å²) in [5, 5.41) is 5.64. The minimum atomic E-state index is 0.744. The molecule has 1 saturated carbocycles. The van der Waals surface area contributed by atoms with E-state index in [4.69, 9.17) is 0 Å². The van der Waals surface area contributed by atoms with Crippen molar-refractivity contribution in [3.63, 3.8) is 0 Å². The molecule has 1 heterocycles. The van der Waals surface area contributed by atoms with Crippen LogP contribution < -0.4 is 10.2 Å². The molecule has 0 spiro atoms. The van der Waals surface area contributed by atoms with Gasteiger partial charge in [0.25, 0.3) is 0 Å². The van der Waals surface area contributed by atoms with E-state index in [1.54, 1.807) is 11.3 Å². The summed E-state index contributed by atoms with van der Waals surface area (Å²) in [5.74, 6) is 0. The molecular formula is C15H18BrN3S. The van der Waals surface area contributed by atoms with Crippen LogP contribution in [0.2, 0.25) is 0 Å². The van der Waals surface area contributed by atoms with Gasteiger partial charge in [-0.15, -0.1) is 11.3 Å². The summed E-state index contributed by atoms with van der Waals surface area (Å²) in [6.45, 7) is 1.79. The minimum Gasteiger partial charge on any atom is -0.369 e. The van der Waals surface area contributed by atoms with Crippen LogP contribution in [0.15, 0.2) is 33.6 Å². The molecule has 0 saturated heterocycles. The quantitative estimate of drug-likeness (QED) is 0.857. The van der Waals surface area contributed by atoms with E-state index in [0.717, 1.165) is 24.8 Å². The number of hydrogen-bond donors (Lipinski definition) is 1. The maximum Gasteiger partial charge on any atom is 0.0795 e.